The van der Waals surface area contributed by atoms with Gasteiger partial charge in [0.2, 0.25) is 0 Å². The van der Waals surface area contributed by atoms with Gasteiger partial charge in [0.15, 0.2) is 5.78 Å². The third kappa shape index (κ3) is 1.78. The van der Waals surface area contributed by atoms with Crippen LogP contribution in [0.15, 0.2) is 18.2 Å². The molecule has 1 fully saturated rings. The Kier molecular flexibility index (Phi) is 2.51. The van der Waals surface area contributed by atoms with Crippen LogP contribution in [0.4, 0.5) is 4.39 Å². The Morgan fingerprint density at radius 2 is 2.24 bits per heavy atom. The molecule has 0 amide bonds. The molecule has 1 aromatic carbocycles. The van der Waals surface area contributed by atoms with Crippen LogP contribution in [0.2, 0.25) is 0 Å². The summed E-state index contributed by atoms with van der Waals surface area (Å²) in [5.41, 5.74) is 1.67. The number of ketones is 1. The molecular weight excluding hydrogens is 217 g/mol. The first-order chi connectivity index (χ1) is 8.15. The van der Waals surface area contributed by atoms with Crippen molar-refractivity contribution in [1.29, 1.82) is 0 Å². The number of fused-ring (bicyclic) bond motifs is 3. The lowest BCUT2D eigenvalue weighted by atomic mass is 9.71. The first-order valence-corrected chi connectivity index (χ1v) is 6.16. The Morgan fingerprint density at radius 3 is 3.06 bits per heavy atom. The third-order valence-corrected chi connectivity index (χ3v) is 4.12. The minimum Gasteiger partial charge on any atom is -0.306 e. The van der Waals surface area contributed by atoms with Crippen molar-refractivity contribution >= 4 is 5.78 Å². The number of carbonyl (C=O) groups excluding carboxylic acids is 1. The van der Waals surface area contributed by atoms with Crippen molar-refractivity contribution in [2.24, 2.45) is 5.92 Å². The molecule has 0 unspecified atom stereocenters. The minimum atomic E-state index is -0.306. The van der Waals surface area contributed by atoms with Crippen LogP contribution in [0.5, 0.6) is 0 Å². The van der Waals surface area contributed by atoms with Crippen molar-refractivity contribution in [2.75, 3.05) is 20.1 Å². The molecule has 90 valence electrons. The van der Waals surface area contributed by atoms with Gasteiger partial charge in [-0.15, -0.1) is 0 Å². The molecule has 0 aromatic heterocycles. The fourth-order valence-electron chi connectivity index (χ4n) is 3.20. The van der Waals surface area contributed by atoms with Crippen molar-refractivity contribution in [1.82, 2.24) is 4.90 Å². The van der Waals surface area contributed by atoms with Crippen LogP contribution < -0.4 is 0 Å². The first-order valence-electron chi connectivity index (χ1n) is 6.16. The molecule has 1 saturated heterocycles. The zero-order valence-corrected chi connectivity index (χ0v) is 9.95. The van der Waals surface area contributed by atoms with Gasteiger partial charge in [-0.2, -0.15) is 0 Å². The molecule has 0 radical (unpaired) electrons. The smallest absolute Gasteiger partial charge is 0.163 e. The van der Waals surface area contributed by atoms with Crippen LogP contribution in [0.25, 0.3) is 0 Å². The Bertz CT molecular complexity index is 471. The van der Waals surface area contributed by atoms with Crippen molar-refractivity contribution in [3.05, 3.63) is 35.1 Å². The molecule has 3 rings (SSSR count). The summed E-state index contributed by atoms with van der Waals surface area (Å²) in [6.45, 7) is 2.04. The number of rotatable bonds is 0. The predicted octanol–water partition coefficient (Wildman–Crippen LogP) is 2.45. The normalized spacial score (nSPS) is 28.7. The Hall–Kier alpha value is -1.22. The number of carbonyl (C=O) groups is 1. The van der Waals surface area contributed by atoms with Gasteiger partial charge < -0.3 is 4.90 Å². The maximum Gasteiger partial charge on any atom is 0.163 e. The summed E-state index contributed by atoms with van der Waals surface area (Å²) in [6, 6.07) is 4.68. The van der Waals surface area contributed by atoms with Gasteiger partial charge in [0.05, 0.1) is 0 Å². The molecular formula is C14H16FNO. The number of Topliss-reactive ketones (excluding diaryl/α,β-unsaturated/α-hetero) is 1. The van der Waals surface area contributed by atoms with Gasteiger partial charge in [-0.05, 0) is 43.6 Å². The average molecular weight is 233 g/mol. The summed E-state index contributed by atoms with van der Waals surface area (Å²) in [6.07, 6.45) is 1.67. The summed E-state index contributed by atoms with van der Waals surface area (Å²) in [4.78, 5) is 14.3. The lowest BCUT2D eigenvalue weighted by Gasteiger charge is -2.40. The van der Waals surface area contributed by atoms with E-state index in [1.807, 2.05) is 0 Å². The lowest BCUT2D eigenvalue weighted by molar-refractivity contribution is 0.0886. The lowest BCUT2D eigenvalue weighted by Crippen LogP contribution is -2.40. The maximum atomic E-state index is 13.2. The van der Waals surface area contributed by atoms with E-state index >= 15 is 0 Å². The first kappa shape index (κ1) is 10.9. The van der Waals surface area contributed by atoms with E-state index in [0.29, 0.717) is 23.8 Å². The van der Waals surface area contributed by atoms with E-state index in [0.717, 1.165) is 25.1 Å². The number of nitrogens with zero attached hydrogens (tertiary/aromatic N) is 1. The second-order valence-corrected chi connectivity index (χ2v) is 5.28. The average Bonchev–Trinajstić information content (AvgIpc) is 2.30. The number of likely N-dealkylation sites (tertiary alicyclic amines) is 1. The molecule has 1 aliphatic heterocycles. The van der Waals surface area contributed by atoms with E-state index in [9.17, 15) is 9.18 Å². The summed E-state index contributed by atoms with van der Waals surface area (Å²) in [7, 11) is 2.11. The second-order valence-electron chi connectivity index (χ2n) is 5.28. The Labute approximate surface area is 100 Å². The molecule has 17 heavy (non-hydrogen) atoms. The molecule has 3 heteroatoms. The van der Waals surface area contributed by atoms with Crippen molar-refractivity contribution in [2.45, 2.75) is 18.8 Å². The zero-order chi connectivity index (χ0) is 12.0. The Balaban J connectivity index is 2.05. The number of piperidine rings is 1. The highest BCUT2D eigenvalue weighted by atomic mass is 19.1. The molecule has 0 bridgehead atoms. The zero-order valence-electron chi connectivity index (χ0n) is 9.95. The molecule has 2 atom stereocenters. The number of likely N-dealkylation sites (N-methyl/N-ethyl adjacent to an activating group) is 1. The molecule has 1 aromatic rings. The van der Waals surface area contributed by atoms with E-state index in [1.165, 1.54) is 12.1 Å². The van der Waals surface area contributed by atoms with Gasteiger partial charge in [-0.25, -0.2) is 4.39 Å². The van der Waals surface area contributed by atoms with Gasteiger partial charge in [-0.3, -0.25) is 4.79 Å². The number of halogens is 1. The predicted molar refractivity (Wildman–Crippen MR) is 63.7 cm³/mol. The van der Waals surface area contributed by atoms with Crippen LogP contribution in [0.3, 0.4) is 0 Å². The van der Waals surface area contributed by atoms with E-state index < -0.39 is 0 Å². The van der Waals surface area contributed by atoms with Gasteiger partial charge in [-0.1, -0.05) is 6.07 Å². The van der Waals surface area contributed by atoms with Crippen LogP contribution in [0, 0.1) is 11.7 Å². The van der Waals surface area contributed by atoms with Crippen LogP contribution >= 0.6 is 0 Å². The highest BCUT2D eigenvalue weighted by Crippen LogP contribution is 2.40. The summed E-state index contributed by atoms with van der Waals surface area (Å²) < 4.78 is 13.2. The fraction of sp³-hybridized carbons (Fsp3) is 0.500. The van der Waals surface area contributed by atoms with E-state index in [1.54, 1.807) is 6.07 Å². The summed E-state index contributed by atoms with van der Waals surface area (Å²) in [5, 5.41) is 0. The summed E-state index contributed by atoms with van der Waals surface area (Å²) in [5.74, 6) is 0.670. The molecule has 0 saturated carbocycles. The maximum absolute atomic E-state index is 13.2. The molecule has 1 aliphatic carbocycles. The topological polar surface area (TPSA) is 20.3 Å². The van der Waals surface area contributed by atoms with Crippen molar-refractivity contribution in [3.63, 3.8) is 0 Å². The minimum absolute atomic E-state index is 0.116. The van der Waals surface area contributed by atoms with E-state index in [-0.39, 0.29) is 11.6 Å². The molecule has 2 nitrogen and oxygen atoms in total. The van der Waals surface area contributed by atoms with Gasteiger partial charge in [0, 0.05) is 24.4 Å². The highest BCUT2D eigenvalue weighted by molar-refractivity contribution is 5.99. The van der Waals surface area contributed by atoms with Crippen LogP contribution in [0.1, 0.15) is 34.7 Å². The molecule has 0 N–H and O–H groups in total. The Morgan fingerprint density at radius 1 is 1.41 bits per heavy atom. The highest BCUT2D eigenvalue weighted by Gasteiger charge is 2.36. The van der Waals surface area contributed by atoms with E-state index in [4.69, 9.17) is 0 Å². The van der Waals surface area contributed by atoms with Gasteiger partial charge in [0.25, 0.3) is 0 Å². The third-order valence-electron chi connectivity index (χ3n) is 4.12. The SMILES string of the molecule is CN1CC[C@H]2CC(=O)c3cc(F)ccc3[C@@H]2C1. The molecule has 0 spiro atoms. The molecule has 2 aliphatic rings. The van der Waals surface area contributed by atoms with Crippen molar-refractivity contribution < 1.29 is 9.18 Å². The van der Waals surface area contributed by atoms with Crippen LogP contribution in [-0.2, 0) is 0 Å². The van der Waals surface area contributed by atoms with Gasteiger partial charge >= 0.3 is 0 Å². The molecule has 1 heterocycles. The van der Waals surface area contributed by atoms with Crippen LogP contribution in [-0.4, -0.2) is 30.8 Å². The largest absolute Gasteiger partial charge is 0.306 e. The number of hydrogen-bond donors (Lipinski definition) is 0. The summed E-state index contributed by atoms with van der Waals surface area (Å²) >= 11 is 0. The monoisotopic (exact) mass is 233 g/mol. The van der Waals surface area contributed by atoms with Gasteiger partial charge in [0.1, 0.15) is 5.82 Å². The number of hydrogen-bond acceptors (Lipinski definition) is 2. The second kappa shape index (κ2) is 3.91. The number of benzene rings is 1. The van der Waals surface area contributed by atoms with Crippen molar-refractivity contribution in [3.8, 4) is 0 Å². The van der Waals surface area contributed by atoms with E-state index in [2.05, 4.69) is 11.9 Å². The fourth-order valence-corrected chi connectivity index (χ4v) is 3.20. The quantitative estimate of drug-likeness (QED) is 0.686. The standard InChI is InChI=1S/C14H16FNO/c1-16-5-4-9-6-14(17)12-7-10(15)2-3-11(12)13(9)8-16/h2-3,7,9,13H,4-6,8H2,1H3/t9-,13+/m0/s1.